The van der Waals surface area contributed by atoms with Crippen molar-refractivity contribution in [1.29, 1.82) is 0 Å². The summed E-state index contributed by atoms with van der Waals surface area (Å²) in [5.41, 5.74) is 1.98. The van der Waals surface area contributed by atoms with E-state index in [4.69, 9.17) is 0 Å². The lowest BCUT2D eigenvalue weighted by atomic mass is 10.00. The van der Waals surface area contributed by atoms with Crippen LogP contribution >= 0.6 is 0 Å². The van der Waals surface area contributed by atoms with Gasteiger partial charge in [0.1, 0.15) is 0 Å². The van der Waals surface area contributed by atoms with Crippen LogP contribution in [0.2, 0.25) is 0 Å². The highest BCUT2D eigenvalue weighted by Gasteiger charge is 2.24. The van der Waals surface area contributed by atoms with Gasteiger partial charge < -0.3 is 25.5 Å². The summed E-state index contributed by atoms with van der Waals surface area (Å²) in [5.74, 6) is -0.342. The van der Waals surface area contributed by atoms with Gasteiger partial charge >= 0.3 is 0 Å². The lowest BCUT2D eigenvalue weighted by Gasteiger charge is -2.26. The summed E-state index contributed by atoms with van der Waals surface area (Å²) >= 11 is 0. The zero-order valence-electron chi connectivity index (χ0n) is 23.4. The Morgan fingerprint density at radius 1 is 1.05 bits per heavy atom. The highest BCUT2D eigenvalue weighted by molar-refractivity contribution is 5.99. The van der Waals surface area contributed by atoms with Crippen molar-refractivity contribution < 1.29 is 14.7 Å². The van der Waals surface area contributed by atoms with Crippen molar-refractivity contribution in [1.82, 2.24) is 20.4 Å². The fraction of sp³-hybridized carbons (Fsp3) is 0.548. The molecule has 0 aromatic heterocycles. The number of carbonyl (C=O) groups is 2. The first-order valence-electron chi connectivity index (χ1n) is 14.3. The smallest absolute Gasteiger partial charge is 0.253 e. The molecule has 3 N–H and O–H groups in total. The summed E-state index contributed by atoms with van der Waals surface area (Å²) in [7, 11) is 2.17. The Labute approximate surface area is 228 Å². The molecule has 7 heteroatoms. The molecule has 0 radical (unpaired) electrons. The Hall–Kier alpha value is -2.74. The number of amides is 2. The third-order valence-corrected chi connectivity index (χ3v) is 7.40. The number of carbonyl (C=O) groups excluding carboxylic acids is 2. The van der Waals surface area contributed by atoms with Gasteiger partial charge in [-0.15, -0.1) is 0 Å². The summed E-state index contributed by atoms with van der Waals surface area (Å²) in [6, 6.07) is 16.9. The van der Waals surface area contributed by atoms with E-state index in [-0.39, 0.29) is 11.8 Å². The molecule has 0 bridgehead atoms. The van der Waals surface area contributed by atoms with E-state index in [0.717, 1.165) is 37.9 Å². The minimum absolute atomic E-state index is 0.0543. The van der Waals surface area contributed by atoms with Gasteiger partial charge in [-0.1, -0.05) is 50.2 Å². The average Bonchev–Trinajstić information content (AvgIpc) is 3.35. The minimum atomic E-state index is -0.755. The van der Waals surface area contributed by atoms with Gasteiger partial charge in [0, 0.05) is 36.8 Å². The monoisotopic (exact) mass is 522 g/mol. The van der Waals surface area contributed by atoms with E-state index in [1.165, 1.54) is 12.8 Å². The molecule has 1 aliphatic heterocycles. The van der Waals surface area contributed by atoms with E-state index >= 15 is 0 Å². The van der Waals surface area contributed by atoms with Crippen molar-refractivity contribution in [2.45, 2.75) is 70.6 Å². The van der Waals surface area contributed by atoms with E-state index in [1.54, 1.807) is 24.3 Å². The molecule has 2 aromatic carbocycles. The number of hydrogen-bond acceptors (Lipinski definition) is 5. The fourth-order valence-corrected chi connectivity index (χ4v) is 5.24. The van der Waals surface area contributed by atoms with Gasteiger partial charge in [0.15, 0.2) is 0 Å². The third kappa shape index (κ3) is 8.93. The summed E-state index contributed by atoms with van der Waals surface area (Å²) in [4.78, 5) is 30.6. The Kier molecular flexibility index (Phi) is 12.3. The maximum Gasteiger partial charge on any atom is 0.253 e. The first-order valence-corrected chi connectivity index (χ1v) is 14.3. The van der Waals surface area contributed by atoms with Crippen LogP contribution in [0.25, 0.3) is 0 Å². The molecule has 2 amide bonds. The summed E-state index contributed by atoms with van der Waals surface area (Å²) in [5, 5.41) is 17.5. The van der Waals surface area contributed by atoms with Gasteiger partial charge in [-0.2, -0.15) is 0 Å². The molecule has 3 rings (SSSR count). The topological polar surface area (TPSA) is 84.9 Å². The summed E-state index contributed by atoms with van der Waals surface area (Å²) in [6.07, 6.45) is 5.05. The van der Waals surface area contributed by atoms with E-state index in [1.807, 2.05) is 35.2 Å². The van der Waals surface area contributed by atoms with Gasteiger partial charge in [0.05, 0.1) is 12.1 Å². The second kappa shape index (κ2) is 15.6. The first kappa shape index (κ1) is 29.8. The molecule has 1 unspecified atom stereocenters. The van der Waals surface area contributed by atoms with Crippen molar-refractivity contribution in [2.75, 3.05) is 39.8 Å². The number of nitrogens with one attached hydrogen (secondary N) is 2. The number of aliphatic hydroxyl groups is 1. The number of benzene rings is 2. The number of rotatable bonds is 15. The van der Waals surface area contributed by atoms with Gasteiger partial charge in [0.25, 0.3) is 11.8 Å². The predicted octanol–water partition coefficient (Wildman–Crippen LogP) is 3.72. The van der Waals surface area contributed by atoms with Gasteiger partial charge in [-0.05, 0) is 82.4 Å². The largest absolute Gasteiger partial charge is 0.390 e. The van der Waals surface area contributed by atoms with E-state index in [2.05, 4.69) is 36.4 Å². The lowest BCUT2D eigenvalue weighted by molar-refractivity contribution is 0.0755. The van der Waals surface area contributed by atoms with Crippen LogP contribution in [0.3, 0.4) is 0 Å². The standard InChI is InChI=1S/C31H46N4O3/c1-4-18-35(19-5-2)31(38)26-14-9-13-25(22-26)30(37)33-28(21-24-11-7-6-8-12-24)29(36)23-32-17-16-27-15-10-20-34(27)3/h6-9,11-14,22,27-29,32,36H,4-5,10,15-21,23H2,1-3H3,(H,33,37)/t27?,28-,29+/m0/s1. The van der Waals surface area contributed by atoms with Crippen LogP contribution in [-0.2, 0) is 6.42 Å². The molecular weight excluding hydrogens is 476 g/mol. The molecule has 0 aliphatic carbocycles. The van der Waals surface area contributed by atoms with Gasteiger partial charge in [-0.3, -0.25) is 9.59 Å². The number of aliphatic hydroxyl groups excluding tert-OH is 1. The van der Waals surface area contributed by atoms with Crippen LogP contribution in [-0.4, -0.2) is 84.7 Å². The van der Waals surface area contributed by atoms with Crippen molar-refractivity contribution >= 4 is 11.8 Å². The zero-order chi connectivity index (χ0) is 27.3. The van der Waals surface area contributed by atoms with Crippen LogP contribution in [0.5, 0.6) is 0 Å². The highest BCUT2D eigenvalue weighted by Crippen LogP contribution is 2.17. The van der Waals surface area contributed by atoms with Crippen LogP contribution < -0.4 is 10.6 Å². The Balaban J connectivity index is 1.65. The van der Waals surface area contributed by atoms with Gasteiger partial charge in [-0.25, -0.2) is 0 Å². The van der Waals surface area contributed by atoms with Crippen molar-refractivity contribution in [2.24, 2.45) is 0 Å². The molecule has 2 aromatic rings. The molecule has 1 heterocycles. The van der Waals surface area contributed by atoms with E-state index in [9.17, 15) is 14.7 Å². The van der Waals surface area contributed by atoms with Crippen molar-refractivity contribution in [3.8, 4) is 0 Å². The highest BCUT2D eigenvalue weighted by atomic mass is 16.3. The second-order valence-corrected chi connectivity index (χ2v) is 10.5. The first-order chi connectivity index (χ1) is 18.4. The van der Waals surface area contributed by atoms with Crippen molar-refractivity contribution in [3.05, 3.63) is 71.3 Å². The van der Waals surface area contributed by atoms with Crippen LogP contribution in [0.15, 0.2) is 54.6 Å². The lowest BCUT2D eigenvalue weighted by Crippen LogP contribution is -2.49. The third-order valence-electron chi connectivity index (χ3n) is 7.40. The second-order valence-electron chi connectivity index (χ2n) is 10.5. The molecule has 1 saturated heterocycles. The molecule has 1 fully saturated rings. The van der Waals surface area contributed by atoms with Crippen LogP contribution in [0, 0.1) is 0 Å². The summed E-state index contributed by atoms with van der Waals surface area (Å²) in [6.45, 7) is 7.88. The Morgan fingerprint density at radius 2 is 1.76 bits per heavy atom. The minimum Gasteiger partial charge on any atom is -0.390 e. The number of nitrogens with zero attached hydrogens (tertiary/aromatic N) is 2. The van der Waals surface area contributed by atoms with E-state index < -0.39 is 12.1 Å². The molecule has 208 valence electrons. The predicted molar refractivity (Wildman–Crippen MR) is 153 cm³/mol. The quantitative estimate of drug-likeness (QED) is 0.311. The number of hydrogen-bond donors (Lipinski definition) is 3. The fourth-order valence-electron chi connectivity index (χ4n) is 5.24. The molecule has 0 spiro atoms. The maximum atomic E-state index is 13.3. The molecular formula is C31H46N4O3. The molecule has 7 nitrogen and oxygen atoms in total. The molecule has 0 saturated carbocycles. The Morgan fingerprint density at radius 3 is 2.42 bits per heavy atom. The Bertz CT molecular complexity index is 994. The van der Waals surface area contributed by atoms with E-state index in [0.29, 0.717) is 43.2 Å². The molecule has 3 atom stereocenters. The molecule has 38 heavy (non-hydrogen) atoms. The SMILES string of the molecule is CCCN(CCC)C(=O)c1cccc(C(=O)N[C@@H](Cc2ccccc2)[C@H](O)CNCCC2CCCN2C)c1. The zero-order valence-corrected chi connectivity index (χ0v) is 23.4. The molecule has 1 aliphatic rings. The van der Waals surface area contributed by atoms with Gasteiger partial charge in [0.2, 0.25) is 0 Å². The van der Waals surface area contributed by atoms with Crippen molar-refractivity contribution in [3.63, 3.8) is 0 Å². The van der Waals surface area contributed by atoms with Crippen LogP contribution in [0.4, 0.5) is 0 Å². The summed E-state index contributed by atoms with van der Waals surface area (Å²) < 4.78 is 0. The number of likely N-dealkylation sites (tertiary alicyclic amines) is 1. The average molecular weight is 523 g/mol. The maximum absolute atomic E-state index is 13.3. The normalized spacial score (nSPS) is 17.2. The van der Waals surface area contributed by atoms with Crippen LogP contribution in [0.1, 0.15) is 72.2 Å².